The molecule has 2 aromatic rings. The van der Waals surface area contributed by atoms with Gasteiger partial charge in [0.2, 0.25) is 15.9 Å². The Morgan fingerprint density at radius 1 is 0.926 bits per heavy atom. The highest BCUT2D eigenvalue weighted by Gasteiger charge is 2.23. The zero-order valence-corrected chi connectivity index (χ0v) is 17.5. The van der Waals surface area contributed by atoms with Gasteiger partial charge in [0.1, 0.15) is 0 Å². The molecule has 2 aromatic carbocycles. The first-order valence-electron chi connectivity index (χ1n) is 8.64. The normalized spacial score (nSPS) is 11.5. The molecule has 0 aliphatic carbocycles. The van der Waals surface area contributed by atoms with Crippen LogP contribution in [0.15, 0.2) is 41.3 Å². The summed E-state index contributed by atoms with van der Waals surface area (Å²) in [7, 11) is 1.57. The van der Waals surface area contributed by atoms with Gasteiger partial charge in [0.25, 0.3) is 0 Å². The average molecular weight is 390 g/mol. The van der Waals surface area contributed by atoms with Crippen molar-refractivity contribution in [2.75, 3.05) is 37.9 Å². The summed E-state index contributed by atoms with van der Waals surface area (Å²) >= 11 is 0. The van der Waals surface area contributed by atoms with Crippen LogP contribution in [0.5, 0.6) is 0 Å². The minimum absolute atomic E-state index is 0.187. The molecule has 0 atom stereocenters. The molecule has 146 valence electrons. The molecular formula is C20H27N3O3S. The largest absolute Gasteiger partial charge is 0.378 e. The summed E-state index contributed by atoms with van der Waals surface area (Å²) in [5.74, 6) is -0.384. The molecule has 1 amide bonds. The van der Waals surface area contributed by atoms with Gasteiger partial charge in [-0.2, -0.15) is 4.31 Å². The van der Waals surface area contributed by atoms with Crippen molar-refractivity contribution in [1.82, 2.24) is 4.31 Å². The van der Waals surface area contributed by atoms with Crippen molar-refractivity contribution in [3.05, 3.63) is 53.1 Å². The minimum Gasteiger partial charge on any atom is -0.378 e. The maximum absolute atomic E-state index is 12.7. The Morgan fingerprint density at radius 2 is 1.59 bits per heavy atom. The molecule has 0 aliphatic rings. The summed E-state index contributed by atoms with van der Waals surface area (Å²) in [4.78, 5) is 14.5. The molecular weight excluding hydrogens is 362 g/mol. The van der Waals surface area contributed by atoms with E-state index in [1.54, 1.807) is 18.2 Å². The van der Waals surface area contributed by atoms with E-state index < -0.39 is 10.0 Å². The molecule has 2 rings (SSSR count). The number of hydrogen-bond acceptors (Lipinski definition) is 4. The summed E-state index contributed by atoms with van der Waals surface area (Å²) in [5.41, 5.74) is 4.52. The second-order valence-corrected chi connectivity index (χ2v) is 8.99. The molecule has 0 bridgehead atoms. The van der Waals surface area contributed by atoms with Crippen LogP contribution in [0.1, 0.15) is 16.7 Å². The summed E-state index contributed by atoms with van der Waals surface area (Å²) < 4.78 is 26.5. The molecule has 0 spiro atoms. The van der Waals surface area contributed by atoms with E-state index in [-0.39, 0.29) is 17.3 Å². The lowest BCUT2D eigenvalue weighted by atomic mass is 10.1. The molecule has 0 saturated carbocycles. The van der Waals surface area contributed by atoms with Crippen LogP contribution in [-0.2, 0) is 14.8 Å². The van der Waals surface area contributed by atoms with Crippen molar-refractivity contribution in [1.29, 1.82) is 0 Å². The Kier molecular flexibility index (Phi) is 6.28. The number of aryl methyl sites for hydroxylation is 3. The van der Waals surface area contributed by atoms with Crippen LogP contribution in [0.25, 0.3) is 0 Å². The fourth-order valence-corrected chi connectivity index (χ4v) is 3.81. The maximum Gasteiger partial charge on any atom is 0.243 e. The first kappa shape index (κ1) is 20.9. The fourth-order valence-electron chi connectivity index (χ4n) is 2.60. The number of carbonyl (C=O) groups excluding carboxylic acids is 1. The standard InChI is InChI=1S/C20H27N3O3S/c1-14-7-9-18(12-15(14)2)27(25,26)23(6)13-20(24)21-19-10-8-17(22(4)5)11-16(19)3/h7-12H,13H2,1-6H3,(H,21,24). The number of carbonyl (C=O) groups is 1. The van der Waals surface area contributed by atoms with Gasteiger partial charge in [-0.25, -0.2) is 8.42 Å². The van der Waals surface area contributed by atoms with Crippen LogP contribution in [0.4, 0.5) is 11.4 Å². The zero-order chi connectivity index (χ0) is 20.4. The van der Waals surface area contributed by atoms with E-state index >= 15 is 0 Å². The second kappa shape index (κ2) is 8.10. The quantitative estimate of drug-likeness (QED) is 0.825. The predicted octanol–water partition coefficient (Wildman–Crippen LogP) is 2.94. The number of nitrogens with zero attached hydrogens (tertiary/aromatic N) is 2. The van der Waals surface area contributed by atoms with Crippen molar-refractivity contribution in [2.24, 2.45) is 0 Å². The maximum atomic E-state index is 12.7. The van der Waals surface area contributed by atoms with Gasteiger partial charge in [-0.1, -0.05) is 6.07 Å². The molecule has 0 saturated heterocycles. The number of amides is 1. The van der Waals surface area contributed by atoms with E-state index in [9.17, 15) is 13.2 Å². The van der Waals surface area contributed by atoms with Gasteiger partial charge in [-0.05, 0) is 67.8 Å². The smallest absolute Gasteiger partial charge is 0.243 e. The monoisotopic (exact) mass is 389 g/mol. The highest BCUT2D eigenvalue weighted by Crippen LogP contribution is 2.22. The summed E-state index contributed by atoms with van der Waals surface area (Å²) in [5, 5.41) is 2.79. The van der Waals surface area contributed by atoms with Crippen molar-refractivity contribution in [3.63, 3.8) is 0 Å². The molecule has 27 heavy (non-hydrogen) atoms. The SMILES string of the molecule is Cc1ccc(S(=O)(=O)N(C)CC(=O)Nc2ccc(N(C)C)cc2C)cc1C. The third-order valence-corrected chi connectivity index (χ3v) is 6.35. The van der Waals surface area contributed by atoms with Crippen molar-refractivity contribution >= 4 is 27.3 Å². The second-order valence-electron chi connectivity index (χ2n) is 6.95. The first-order chi connectivity index (χ1) is 12.5. The Bertz CT molecular complexity index is 953. The van der Waals surface area contributed by atoms with Gasteiger partial charge < -0.3 is 10.2 Å². The number of benzene rings is 2. The van der Waals surface area contributed by atoms with Crippen LogP contribution in [0, 0.1) is 20.8 Å². The Morgan fingerprint density at radius 3 is 2.15 bits per heavy atom. The molecule has 7 heteroatoms. The van der Waals surface area contributed by atoms with Gasteiger partial charge in [0.05, 0.1) is 11.4 Å². The molecule has 0 unspecified atom stereocenters. The molecule has 1 N–H and O–H groups in total. The van der Waals surface area contributed by atoms with Gasteiger partial charge >= 0.3 is 0 Å². The molecule has 0 aliphatic heterocycles. The minimum atomic E-state index is -3.73. The number of likely N-dealkylation sites (N-methyl/N-ethyl adjacent to an activating group) is 1. The number of rotatable bonds is 6. The lowest BCUT2D eigenvalue weighted by molar-refractivity contribution is -0.116. The molecule has 0 heterocycles. The van der Waals surface area contributed by atoms with Crippen LogP contribution in [0.2, 0.25) is 0 Å². The van der Waals surface area contributed by atoms with E-state index in [0.717, 1.165) is 26.7 Å². The predicted molar refractivity (Wildman–Crippen MR) is 110 cm³/mol. The Hall–Kier alpha value is -2.38. The van der Waals surface area contributed by atoms with Crippen LogP contribution < -0.4 is 10.2 Å². The van der Waals surface area contributed by atoms with Gasteiger partial charge in [0, 0.05) is 32.5 Å². The zero-order valence-electron chi connectivity index (χ0n) is 16.7. The van der Waals surface area contributed by atoms with E-state index in [0.29, 0.717) is 5.69 Å². The number of hydrogen-bond donors (Lipinski definition) is 1. The molecule has 0 radical (unpaired) electrons. The highest BCUT2D eigenvalue weighted by molar-refractivity contribution is 7.89. The summed E-state index contributed by atoms with van der Waals surface area (Å²) in [6.07, 6.45) is 0. The molecule has 0 aromatic heterocycles. The molecule has 6 nitrogen and oxygen atoms in total. The van der Waals surface area contributed by atoms with Gasteiger partial charge in [0.15, 0.2) is 0 Å². The number of anilines is 2. The van der Waals surface area contributed by atoms with Crippen molar-refractivity contribution < 1.29 is 13.2 Å². The number of sulfonamides is 1. The molecule has 0 fully saturated rings. The average Bonchev–Trinajstić information content (AvgIpc) is 2.58. The van der Waals surface area contributed by atoms with Gasteiger partial charge in [-0.15, -0.1) is 0 Å². The topological polar surface area (TPSA) is 69.7 Å². The van der Waals surface area contributed by atoms with Gasteiger partial charge in [-0.3, -0.25) is 4.79 Å². The lowest BCUT2D eigenvalue weighted by Crippen LogP contribution is -2.35. The summed E-state index contributed by atoms with van der Waals surface area (Å²) in [6, 6.07) is 10.6. The third-order valence-electron chi connectivity index (χ3n) is 4.55. The van der Waals surface area contributed by atoms with Crippen LogP contribution in [-0.4, -0.2) is 46.3 Å². The van der Waals surface area contributed by atoms with Crippen molar-refractivity contribution in [3.8, 4) is 0 Å². The van der Waals surface area contributed by atoms with E-state index in [2.05, 4.69) is 5.32 Å². The van der Waals surface area contributed by atoms with E-state index in [1.165, 1.54) is 7.05 Å². The lowest BCUT2D eigenvalue weighted by Gasteiger charge is -2.19. The third kappa shape index (κ3) is 4.87. The first-order valence-corrected chi connectivity index (χ1v) is 10.1. The van der Waals surface area contributed by atoms with Crippen molar-refractivity contribution in [2.45, 2.75) is 25.7 Å². The Balaban J connectivity index is 2.11. The summed E-state index contributed by atoms with van der Waals surface area (Å²) in [6.45, 7) is 5.43. The Labute approximate surface area is 161 Å². The highest BCUT2D eigenvalue weighted by atomic mass is 32.2. The fraction of sp³-hybridized carbons (Fsp3) is 0.350. The van der Waals surface area contributed by atoms with Crippen LogP contribution >= 0.6 is 0 Å². The van der Waals surface area contributed by atoms with E-state index in [1.807, 2.05) is 58.0 Å². The van der Waals surface area contributed by atoms with Crippen LogP contribution in [0.3, 0.4) is 0 Å². The van der Waals surface area contributed by atoms with E-state index in [4.69, 9.17) is 0 Å². The number of nitrogens with one attached hydrogen (secondary N) is 1.